The van der Waals surface area contributed by atoms with Crippen molar-refractivity contribution >= 4 is 5.71 Å². The molecule has 0 amide bonds. The zero-order chi connectivity index (χ0) is 8.69. The van der Waals surface area contributed by atoms with E-state index in [0.717, 1.165) is 17.8 Å². The molecule has 2 nitrogen and oxygen atoms in total. The minimum atomic E-state index is 0.936. The normalized spacial score (nSPS) is 13.0. The third-order valence-electron chi connectivity index (χ3n) is 1.40. The van der Waals surface area contributed by atoms with Crippen LogP contribution in [0.5, 0.6) is 0 Å². The molecule has 0 bridgehead atoms. The van der Waals surface area contributed by atoms with Gasteiger partial charge in [0.05, 0.1) is 0 Å². The minimum Gasteiger partial charge on any atom is -0.392 e. The molecule has 0 saturated carbocycles. The summed E-state index contributed by atoms with van der Waals surface area (Å²) in [5.74, 6) is 0. The zero-order valence-corrected chi connectivity index (χ0v) is 7.52. The molecule has 1 N–H and O–H groups in total. The molecule has 0 aliphatic heterocycles. The Morgan fingerprint density at radius 3 is 2.64 bits per heavy atom. The first-order valence-electron chi connectivity index (χ1n) is 3.78. The largest absolute Gasteiger partial charge is 0.392 e. The fourth-order valence-electron chi connectivity index (χ4n) is 0.670. The van der Waals surface area contributed by atoms with Gasteiger partial charge < -0.3 is 5.32 Å². The fraction of sp³-hybridized carbons (Fsp3) is 0.444. The first-order valence-corrected chi connectivity index (χ1v) is 3.78. The lowest BCUT2D eigenvalue weighted by atomic mass is 10.2. The van der Waals surface area contributed by atoms with Crippen LogP contribution in [0.25, 0.3) is 0 Å². The van der Waals surface area contributed by atoms with E-state index in [9.17, 15) is 0 Å². The molecule has 0 unspecified atom stereocenters. The fourth-order valence-corrected chi connectivity index (χ4v) is 0.670. The molecular formula is C9H16N2. The number of nitrogens with one attached hydrogen (secondary N) is 1. The van der Waals surface area contributed by atoms with Gasteiger partial charge in [0, 0.05) is 24.7 Å². The molecule has 0 heterocycles. The summed E-state index contributed by atoms with van der Waals surface area (Å²) in [4.78, 5) is 4.09. The van der Waals surface area contributed by atoms with E-state index in [1.54, 1.807) is 6.20 Å². The molecule has 62 valence electrons. The predicted molar refractivity (Wildman–Crippen MR) is 50.7 cm³/mol. The van der Waals surface area contributed by atoms with E-state index >= 15 is 0 Å². The highest BCUT2D eigenvalue weighted by Crippen LogP contribution is 1.93. The van der Waals surface area contributed by atoms with Crippen molar-refractivity contribution < 1.29 is 0 Å². The Balaban J connectivity index is 4.28. The Kier molecular flexibility index (Phi) is 5.17. The van der Waals surface area contributed by atoms with Crippen LogP contribution in [-0.4, -0.2) is 12.8 Å². The summed E-state index contributed by atoms with van der Waals surface area (Å²) in [5, 5.41) is 3.03. The molecule has 11 heavy (non-hydrogen) atoms. The van der Waals surface area contributed by atoms with E-state index in [-0.39, 0.29) is 0 Å². The second-order valence-electron chi connectivity index (χ2n) is 2.23. The SMILES string of the molecule is C=C/N=C(\C=C(\C)NC)CC. The average Bonchev–Trinajstić information content (AvgIpc) is 2.03. The monoisotopic (exact) mass is 152 g/mol. The summed E-state index contributed by atoms with van der Waals surface area (Å²) in [6.45, 7) is 7.62. The summed E-state index contributed by atoms with van der Waals surface area (Å²) >= 11 is 0. The van der Waals surface area contributed by atoms with Gasteiger partial charge in [-0.3, -0.25) is 4.99 Å². The number of hydrogen-bond donors (Lipinski definition) is 1. The lowest BCUT2D eigenvalue weighted by Crippen LogP contribution is -2.04. The van der Waals surface area contributed by atoms with E-state index in [0.29, 0.717) is 0 Å². The Morgan fingerprint density at radius 1 is 1.64 bits per heavy atom. The van der Waals surface area contributed by atoms with Crippen LogP contribution in [0.3, 0.4) is 0 Å². The molecule has 0 rings (SSSR count). The van der Waals surface area contributed by atoms with Crippen molar-refractivity contribution in [2.75, 3.05) is 7.05 Å². The molecule has 0 aliphatic carbocycles. The van der Waals surface area contributed by atoms with Gasteiger partial charge in [-0.1, -0.05) is 13.5 Å². The third-order valence-corrected chi connectivity index (χ3v) is 1.40. The maximum atomic E-state index is 4.09. The minimum absolute atomic E-state index is 0.936. The summed E-state index contributed by atoms with van der Waals surface area (Å²) in [5.41, 5.74) is 2.17. The van der Waals surface area contributed by atoms with E-state index in [1.807, 2.05) is 20.0 Å². The van der Waals surface area contributed by atoms with Crippen molar-refractivity contribution in [2.45, 2.75) is 20.3 Å². The number of rotatable bonds is 4. The van der Waals surface area contributed by atoms with E-state index in [2.05, 4.69) is 23.8 Å². The van der Waals surface area contributed by atoms with E-state index in [4.69, 9.17) is 0 Å². The van der Waals surface area contributed by atoms with Crippen LogP contribution < -0.4 is 5.32 Å². The number of hydrogen-bond acceptors (Lipinski definition) is 2. The molecule has 0 aromatic rings. The maximum Gasteiger partial charge on any atom is 0.0417 e. The van der Waals surface area contributed by atoms with Crippen molar-refractivity contribution in [3.8, 4) is 0 Å². The summed E-state index contributed by atoms with van der Waals surface area (Å²) in [6.07, 6.45) is 4.52. The summed E-state index contributed by atoms with van der Waals surface area (Å²) < 4.78 is 0. The van der Waals surface area contributed by atoms with Gasteiger partial charge in [0.15, 0.2) is 0 Å². The molecule has 2 heteroatoms. The Labute approximate surface area is 68.7 Å². The highest BCUT2D eigenvalue weighted by molar-refractivity contribution is 5.95. The zero-order valence-electron chi connectivity index (χ0n) is 7.52. The van der Waals surface area contributed by atoms with Gasteiger partial charge in [0.2, 0.25) is 0 Å². The quantitative estimate of drug-likeness (QED) is 0.613. The lowest BCUT2D eigenvalue weighted by molar-refractivity contribution is 0.991. The number of nitrogens with zero attached hydrogens (tertiary/aromatic N) is 1. The molecule has 0 radical (unpaired) electrons. The van der Waals surface area contributed by atoms with Crippen molar-refractivity contribution in [3.63, 3.8) is 0 Å². The highest BCUT2D eigenvalue weighted by atomic mass is 14.8. The Morgan fingerprint density at radius 2 is 2.27 bits per heavy atom. The van der Waals surface area contributed by atoms with Crippen LogP contribution in [-0.2, 0) is 0 Å². The van der Waals surface area contributed by atoms with Crippen LogP contribution >= 0.6 is 0 Å². The first kappa shape index (κ1) is 9.95. The molecule has 0 fully saturated rings. The van der Waals surface area contributed by atoms with Gasteiger partial charge >= 0.3 is 0 Å². The molecule has 0 aliphatic rings. The van der Waals surface area contributed by atoms with Gasteiger partial charge in [0.25, 0.3) is 0 Å². The van der Waals surface area contributed by atoms with Crippen molar-refractivity contribution in [1.29, 1.82) is 0 Å². The molecule has 0 saturated heterocycles. The first-order chi connectivity index (χ1) is 5.24. The highest BCUT2D eigenvalue weighted by Gasteiger charge is 1.89. The van der Waals surface area contributed by atoms with Gasteiger partial charge in [0.1, 0.15) is 0 Å². The smallest absolute Gasteiger partial charge is 0.0417 e. The van der Waals surface area contributed by atoms with Gasteiger partial charge in [-0.15, -0.1) is 0 Å². The second kappa shape index (κ2) is 5.71. The van der Waals surface area contributed by atoms with Crippen LogP contribution in [0.4, 0.5) is 0 Å². The van der Waals surface area contributed by atoms with E-state index in [1.165, 1.54) is 0 Å². The Bertz CT molecular complexity index is 178. The van der Waals surface area contributed by atoms with Crippen LogP contribution in [0.1, 0.15) is 20.3 Å². The van der Waals surface area contributed by atoms with Crippen LogP contribution in [0.15, 0.2) is 29.5 Å². The second-order valence-corrected chi connectivity index (χ2v) is 2.23. The van der Waals surface area contributed by atoms with Crippen molar-refractivity contribution in [2.24, 2.45) is 4.99 Å². The number of allylic oxidation sites excluding steroid dienone is 2. The molecule has 0 spiro atoms. The van der Waals surface area contributed by atoms with Crippen LogP contribution in [0, 0.1) is 0 Å². The van der Waals surface area contributed by atoms with Crippen LogP contribution in [0.2, 0.25) is 0 Å². The summed E-state index contributed by atoms with van der Waals surface area (Å²) in [6, 6.07) is 0. The van der Waals surface area contributed by atoms with Gasteiger partial charge in [-0.25, -0.2) is 0 Å². The molecule has 0 aromatic heterocycles. The van der Waals surface area contributed by atoms with Gasteiger partial charge in [-0.2, -0.15) is 0 Å². The van der Waals surface area contributed by atoms with E-state index < -0.39 is 0 Å². The third kappa shape index (κ3) is 4.37. The summed E-state index contributed by atoms with van der Waals surface area (Å²) in [7, 11) is 1.90. The molecule has 0 aromatic carbocycles. The van der Waals surface area contributed by atoms with Crippen molar-refractivity contribution in [1.82, 2.24) is 5.32 Å². The van der Waals surface area contributed by atoms with Crippen molar-refractivity contribution in [3.05, 3.63) is 24.6 Å². The molecule has 0 atom stereocenters. The predicted octanol–water partition coefficient (Wildman–Crippen LogP) is 2.10. The topological polar surface area (TPSA) is 24.4 Å². The standard InChI is InChI=1S/C9H16N2/c1-5-9(11-6-2)7-8(3)10-4/h6-7,10H,2,5H2,1,3-4H3/b8-7-,11-9-. The maximum absolute atomic E-state index is 4.09. The number of aliphatic imine (C=N–C) groups is 1. The lowest BCUT2D eigenvalue weighted by Gasteiger charge is -1.99. The van der Waals surface area contributed by atoms with Gasteiger partial charge in [-0.05, 0) is 19.4 Å². The molecular weight excluding hydrogens is 136 g/mol. The Hall–Kier alpha value is -1.05. The average molecular weight is 152 g/mol.